The lowest BCUT2D eigenvalue weighted by molar-refractivity contribution is -0.147. The average molecular weight is 254 g/mol. The maximum atomic E-state index is 12.0. The van der Waals surface area contributed by atoms with Crippen molar-refractivity contribution in [1.82, 2.24) is 10.6 Å². The molecule has 0 spiro atoms. The van der Waals surface area contributed by atoms with Crippen LogP contribution in [0.1, 0.15) is 12.8 Å². The van der Waals surface area contributed by atoms with Crippen molar-refractivity contribution in [2.45, 2.75) is 30.5 Å². The summed E-state index contributed by atoms with van der Waals surface area (Å²) in [5, 5.41) is 15.0. The molecule has 100 valence electrons. The number of hydrogen-bond donors (Lipinski definition) is 3. The number of rotatable bonds is 4. The van der Waals surface area contributed by atoms with E-state index in [1.54, 1.807) is 6.08 Å². The number of esters is 1. The standard InChI is InChI=1S/C12H18N2O4/c1-3-7-5-12(7,11(17)18-2)14-10(16)9-4-8(15)6-13-9/h3,7-9,13,15H,1,4-6H2,2H3,(H,14,16)/t7?,8-,9+,12-/m1/s1. The Labute approximate surface area is 105 Å². The van der Waals surface area contributed by atoms with Crippen molar-refractivity contribution in [2.75, 3.05) is 13.7 Å². The van der Waals surface area contributed by atoms with Crippen LogP contribution in [0.4, 0.5) is 0 Å². The first-order valence-electron chi connectivity index (χ1n) is 5.98. The molecule has 1 heterocycles. The van der Waals surface area contributed by atoms with Crippen LogP contribution in [0.3, 0.4) is 0 Å². The molecule has 3 N–H and O–H groups in total. The van der Waals surface area contributed by atoms with Gasteiger partial charge in [-0.05, 0) is 12.8 Å². The van der Waals surface area contributed by atoms with Gasteiger partial charge in [0.25, 0.3) is 0 Å². The van der Waals surface area contributed by atoms with E-state index in [2.05, 4.69) is 17.2 Å². The molecule has 0 aromatic rings. The number of carbonyl (C=O) groups excluding carboxylic acids is 2. The average Bonchev–Trinajstić information content (AvgIpc) is 2.90. The number of β-amino-alcohol motifs (C(OH)–C–C–N with tert-alkyl or cyclic N) is 1. The summed E-state index contributed by atoms with van der Waals surface area (Å²) in [5.74, 6) is -0.805. The van der Waals surface area contributed by atoms with Gasteiger partial charge in [-0.15, -0.1) is 6.58 Å². The van der Waals surface area contributed by atoms with Crippen LogP contribution in [0.5, 0.6) is 0 Å². The molecule has 0 aromatic carbocycles. The molecule has 2 rings (SSSR count). The summed E-state index contributed by atoms with van der Waals surface area (Å²) < 4.78 is 4.72. The summed E-state index contributed by atoms with van der Waals surface area (Å²) in [7, 11) is 1.30. The lowest BCUT2D eigenvalue weighted by Gasteiger charge is -2.19. The zero-order valence-electron chi connectivity index (χ0n) is 10.3. The van der Waals surface area contributed by atoms with Gasteiger partial charge < -0.3 is 20.5 Å². The molecule has 6 heteroatoms. The zero-order valence-corrected chi connectivity index (χ0v) is 10.3. The van der Waals surface area contributed by atoms with Gasteiger partial charge in [-0.1, -0.05) is 6.08 Å². The SMILES string of the molecule is C=CC1C[C@]1(NC(=O)[C@@H]1C[C@@H](O)CN1)C(=O)OC. The van der Waals surface area contributed by atoms with Gasteiger partial charge in [-0.2, -0.15) is 0 Å². The minimum absolute atomic E-state index is 0.0831. The Morgan fingerprint density at radius 1 is 1.61 bits per heavy atom. The number of hydrogen-bond acceptors (Lipinski definition) is 5. The smallest absolute Gasteiger partial charge is 0.332 e. The fourth-order valence-electron chi connectivity index (χ4n) is 2.41. The van der Waals surface area contributed by atoms with Crippen LogP contribution in [0, 0.1) is 5.92 Å². The summed E-state index contributed by atoms with van der Waals surface area (Å²) in [6.07, 6.45) is 2.02. The molecule has 2 fully saturated rings. The van der Waals surface area contributed by atoms with Crippen molar-refractivity contribution in [1.29, 1.82) is 0 Å². The zero-order chi connectivity index (χ0) is 13.3. The third-order valence-corrected chi connectivity index (χ3v) is 3.62. The number of nitrogens with one attached hydrogen (secondary N) is 2. The largest absolute Gasteiger partial charge is 0.467 e. The van der Waals surface area contributed by atoms with Gasteiger partial charge in [0.05, 0.1) is 19.3 Å². The van der Waals surface area contributed by atoms with Gasteiger partial charge in [0.15, 0.2) is 0 Å². The second-order valence-corrected chi connectivity index (χ2v) is 4.85. The molecule has 6 nitrogen and oxygen atoms in total. The molecule has 1 amide bonds. The fourth-order valence-corrected chi connectivity index (χ4v) is 2.41. The Hall–Kier alpha value is -1.40. The van der Waals surface area contributed by atoms with Crippen LogP contribution in [0.15, 0.2) is 12.7 Å². The number of carbonyl (C=O) groups is 2. The van der Waals surface area contributed by atoms with Crippen molar-refractivity contribution in [3.63, 3.8) is 0 Å². The lowest BCUT2D eigenvalue weighted by atomic mass is 10.1. The second kappa shape index (κ2) is 4.70. The van der Waals surface area contributed by atoms with Crippen LogP contribution in [-0.4, -0.2) is 48.3 Å². The Morgan fingerprint density at radius 3 is 2.78 bits per heavy atom. The monoisotopic (exact) mass is 254 g/mol. The molecule has 4 atom stereocenters. The molecule has 18 heavy (non-hydrogen) atoms. The quantitative estimate of drug-likeness (QED) is 0.440. The first kappa shape index (κ1) is 13.0. The highest BCUT2D eigenvalue weighted by Crippen LogP contribution is 2.45. The molecule has 2 aliphatic rings. The van der Waals surface area contributed by atoms with Crippen LogP contribution in [0.25, 0.3) is 0 Å². The molecule has 1 saturated heterocycles. The summed E-state index contributed by atoms with van der Waals surface area (Å²) in [6.45, 7) is 4.03. The van der Waals surface area contributed by atoms with E-state index < -0.39 is 23.7 Å². The fraction of sp³-hybridized carbons (Fsp3) is 0.667. The third kappa shape index (κ3) is 2.13. The van der Waals surface area contributed by atoms with E-state index in [0.29, 0.717) is 19.4 Å². The number of amides is 1. The van der Waals surface area contributed by atoms with Gasteiger partial charge in [-0.3, -0.25) is 4.79 Å². The number of aliphatic hydroxyl groups is 1. The maximum Gasteiger partial charge on any atom is 0.332 e. The molecule has 1 saturated carbocycles. The highest BCUT2D eigenvalue weighted by molar-refractivity contribution is 5.93. The maximum absolute atomic E-state index is 12.0. The molecule has 0 aromatic heterocycles. The number of methoxy groups -OCH3 is 1. The van der Waals surface area contributed by atoms with Gasteiger partial charge in [0, 0.05) is 12.5 Å². The molecular formula is C12H18N2O4. The van der Waals surface area contributed by atoms with E-state index in [0.717, 1.165) is 0 Å². The van der Waals surface area contributed by atoms with Gasteiger partial charge in [-0.25, -0.2) is 4.79 Å². The van der Waals surface area contributed by atoms with Crippen molar-refractivity contribution in [3.8, 4) is 0 Å². The van der Waals surface area contributed by atoms with Gasteiger partial charge in [0.2, 0.25) is 5.91 Å². The van der Waals surface area contributed by atoms with E-state index >= 15 is 0 Å². The van der Waals surface area contributed by atoms with E-state index in [-0.39, 0.29) is 11.8 Å². The van der Waals surface area contributed by atoms with Crippen LogP contribution in [0.2, 0.25) is 0 Å². The Bertz CT molecular complexity index is 384. The van der Waals surface area contributed by atoms with Crippen molar-refractivity contribution >= 4 is 11.9 Å². The number of aliphatic hydroxyl groups excluding tert-OH is 1. The Kier molecular flexibility index (Phi) is 3.41. The molecule has 0 bridgehead atoms. The predicted octanol–water partition coefficient (Wildman–Crippen LogP) is -1.06. The first-order valence-corrected chi connectivity index (χ1v) is 5.98. The van der Waals surface area contributed by atoms with Gasteiger partial charge in [0.1, 0.15) is 5.54 Å². The highest BCUT2D eigenvalue weighted by atomic mass is 16.5. The van der Waals surface area contributed by atoms with E-state index in [9.17, 15) is 14.7 Å². The number of ether oxygens (including phenoxy) is 1. The topological polar surface area (TPSA) is 87.7 Å². The summed E-state index contributed by atoms with van der Waals surface area (Å²) in [4.78, 5) is 23.7. The summed E-state index contributed by atoms with van der Waals surface area (Å²) in [6, 6.07) is -0.451. The minimum Gasteiger partial charge on any atom is -0.467 e. The van der Waals surface area contributed by atoms with E-state index in [1.165, 1.54) is 7.11 Å². The Morgan fingerprint density at radius 2 is 2.33 bits per heavy atom. The molecular weight excluding hydrogens is 236 g/mol. The van der Waals surface area contributed by atoms with Gasteiger partial charge >= 0.3 is 5.97 Å². The molecule has 0 radical (unpaired) electrons. The summed E-state index contributed by atoms with van der Waals surface area (Å²) >= 11 is 0. The summed E-state index contributed by atoms with van der Waals surface area (Å²) in [5.41, 5.74) is -0.956. The Balaban J connectivity index is 2.00. The highest BCUT2D eigenvalue weighted by Gasteiger charge is 2.61. The minimum atomic E-state index is -0.956. The molecule has 1 aliphatic heterocycles. The first-order chi connectivity index (χ1) is 8.53. The van der Waals surface area contributed by atoms with Crippen molar-refractivity contribution in [3.05, 3.63) is 12.7 Å². The van der Waals surface area contributed by atoms with E-state index in [1.807, 2.05) is 0 Å². The molecule has 1 unspecified atom stereocenters. The predicted molar refractivity (Wildman–Crippen MR) is 63.6 cm³/mol. The van der Waals surface area contributed by atoms with Crippen molar-refractivity contribution in [2.24, 2.45) is 5.92 Å². The second-order valence-electron chi connectivity index (χ2n) is 4.85. The van der Waals surface area contributed by atoms with Crippen LogP contribution in [-0.2, 0) is 14.3 Å². The van der Waals surface area contributed by atoms with Crippen molar-refractivity contribution < 1.29 is 19.4 Å². The van der Waals surface area contributed by atoms with Crippen LogP contribution < -0.4 is 10.6 Å². The lowest BCUT2D eigenvalue weighted by Crippen LogP contribution is -2.51. The third-order valence-electron chi connectivity index (χ3n) is 3.62. The normalized spacial score (nSPS) is 38.0. The van der Waals surface area contributed by atoms with Crippen LogP contribution >= 0.6 is 0 Å². The van der Waals surface area contributed by atoms with E-state index in [4.69, 9.17) is 4.74 Å². The molecule has 1 aliphatic carbocycles.